The molecule has 1 aliphatic carbocycles. The molecule has 6 heteroatoms. The number of nitrogens with zero attached hydrogens (tertiary/aromatic N) is 2. The highest BCUT2D eigenvalue weighted by Crippen LogP contribution is 2.31. The van der Waals surface area contributed by atoms with Gasteiger partial charge in [0.25, 0.3) is 0 Å². The zero-order chi connectivity index (χ0) is 14.8. The molecule has 2 unspecified atom stereocenters. The van der Waals surface area contributed by atoms with Gasteiger partial charge in [0.15, 0.2) is 0 Å². The first kappa shape index (κ1) is 14.3. The van der Waals surface area contributed by atoms with E-state index in [9.17, 15) is 4.79 Å². The molecule has 0 saturated heterocycles. The van der Waals surface area contributed by atoms with Gasteiger partial charge in [-0.1, -0.05) is 6.42 Å². The number of carbonyl (C=O) groups excluding carboxylic acids is 1. The molecule has 110 valence electrons. The van der Waals surface area contributed by atoms with E-state index in [2.05, 4.69) is 36.5 Å². The molecule has 2 N–H and O–H groups in total. The molecule has 0 aromatic carbocycles. The van der Waals surface area contributed by atoms with Crippen molar-refractivity contribution in [2.24, 2.45) is 5.92 Å². The summed E-state index contributed by atoms with van der Waals surface area (Å²) in [6.45, 7) is 0. The summed E-state index contributed by atoms with van der Waals surface area (Å²) in [5, 5.41) is 6.24. The van der Waals surface area contributed by atoms with Crippen molar-refractivity contribution in [3.8, 4) is 0 Å². The van der Waals surface area contributed by atoms with E-state index < -0.39 is 0 Å². The molecule has 0 aliphatic heterocycles. The molecule has 2 aromatic heterocycles. The van der Waals surface area contributed by atoms with Gasteiger partial charge in [-0.2, -0.15) is 0 Å². The molecule has 1 saturated carbocycles. The highest BCUT2D eigenvalue weighted by Gasteiger charge is 2.32. The Labute approximate surface area is 131 Å². The smallest absolute Gasteiger partial charge is 0.224 e. The van der Waals surface area contributed by atoms with E-state index in [1.54, 1.807) is 19.4 Å². The number of aromatic nitrogens is 2. The first-order chi connectivity index (χ1) is 10.2. The molecule has 1 aliphatic rings. The topological polar surface area (TPSA) is 66.9 Å². The van der Waals surface area contributed by atoms with Crippen LogP contribution in [0, 0.1) is 5.92 Å². The van der Waals surface area contributed by atoms with Crippen LogP contribution < -0.4 is 10.6 Å². The summed E-state index contributed by atoms with van der Waals surface area (Å²) in [6, 6.07) is 4.02. The van der Waals surface area contributed by atoms with Gasteiger partial charge in [-0.25, -0.2) is 0 Å². The lowest BCUT2D eigenvalue weighted by molar-refractivity contribution is -0.124. The first-order valence-electron chi connectivity index (χ1n) is 7.07. The van der Waals surface area contributed by atoms with Crippen LogP contribution in [-0.4, -0.2) is 29.0 Å². The second-order valence-corrected chi connectivity index (χ2v) is 6.20. The van der Waals surface area contributed by atoms with E-state index in [1.165, 1.54) is 0 Å². The SMILES string of the molecule is CNC(=O)C1CCCC1Nc1ccnc2cc(Br)cnc12. The number of halogens is 1. The van der Waals surface area contributed by atoms with Gasteiger partial charge in [0, 0.05) is 30.0 Å². The van der Waals surface area contributed by atoms with Gasteiger partial charge >= 0.3 is 0 Å². The van der Waals surface area contributed by atoms with Crippen molar-refractivity contribution in [1.82, 2.24) is 15.3 Å². The quantitative estimate of drug-likeness (QED) is 0.894. The third-order valence-electron chi connectivity index (χ3n) is 3.98. The van der Waals surface area contributed by atoms with Gasteiger partial charge in [0.2, 0.25) is 5.91 Å². The number of anilines is 1. The number of hydrogen-bond donors (Lipinski definition) is 2. The van der Waals surface area contributed by atoms with Crippen molar-refractivity contribution in [1.29, 1.82) is 0 Å². The molecular weight excluding hydrogens is 332 g/mol. The van der Waals surface area contributed by atoms with Crippen molar-refractivity contribution in [3.63, 3.8) is 0 Å². The second-order valence-electron chi connectivity index (χ2n) is 5.28. The van der Waals surface area contributed by atoms with Crippen LogP contribution in [0.5, 0.6) is 0 Å². The van der Waals surface area contributed by atoms with Crippen LogP contribution in [-0.2, 0) is 4.79 Å². The predicted octanol–water partition coefficient (Wildman–Crippen LogP) is 2.72. The largest absolute Gasteiger partial charge is 0.380 e. The number of pyridine rings is 2. The van der Waals surface area contributed by atoms with E-state index in [4.69, 9.17) is 0 Å². The Kier molecular flexibility index (Phi) is 4.05. The van der Waals surface area contributed by atoms with E-state index in [0.29, 0.717) is 0 Å². The van der Waals surface area contributed by atoms with E-state index in [0.717, 1.165) is 40.5 Å². The first-order valence-corrected chi connectivity index (χ1v) is 7.86. The van der Waals surface area contributed by atoms with Gasteiger partial charge in [0.05, 0.1) is 17.1 Å². The van der Waals surface area contributed by atoms with Gasteiger partial charge in [-0.15, -0.1) is 0 Å². The summed E-state index contributed by atoms with van der Waals surface area (Å²) in [6.07, 6.45) is 6.53. The summed E-state index contributed by atoms with van der Waals surface area (Å²) >= 11 is 3.41. The normalized spacial score (nSPS) is 21.4. The highest BCUT2D eigenvalue weighted by molar-refractivity contribution is 9.10. The Bertz CT molecular complexity index is 676. The van der Waals surface area contributed by atoms with Crippen molar-refractivity contribution in [2.75, 3.05) is 12.4 Å². The van der Waals surface area contributed by atoms with Crippen LogP contribution in [0.3, 0.4) is 0 Å². The molecule has 2 atom stereocenters. The van der Waals surface area contributed by atoms with Gasteiger partial charge in [0.1, 0.15) is 5.52 Å². The highest BCUT2D eigenvalue weighted by atomic mass is 79.9. The molecule has 5 nitrogen and oxygen atoms in total. The monoisotopic (exact) mass is 348 g/mol. The van der Waals surface area contributed by atoms with Crippen molar-refractivity contribution >= 4 is 38.6 Å². The lowest BCUT2D eigenvalue weighted by atomic mass is 10.0. The van der Waals surface area contributed by atoms with Crippen LogP contribution in [0.1, 0.15) is 19.3 Å². The number of amides is 1. The molecule has 2 aromatic rings. The molecule has 0 spiro atoms. The summed E-state index contributed by atoms with van der Waals surface area (Å²) < 4.78 is 0.906. The Morgan fingerprint density at radius 2 is 2.24 bits per heavy atom. The number of hydrogen-bond acceptors (Lipinski definition) is 4. The average molecular weight is 349 g/mol. The standard InChI is InChI=1S/C15H17BrN4O/c1-17-15(21)10-3-2-4-11(10)20-12-5-6-18-13-7-9(16)8-19-14(12)13/h5-8,10-11H,2-4H2,1H3,(H,17,21)(H,18,20). The minimum Gasteiger partial charge on any atom is -0.380 e. The summed E-state index contributed by atoms with van der Waals surface area (Å²) in [7, 11) is 1.69. The Hall–Kier alpha value is -1.69. The summed E-state index contributed by atoms with van der Waals surface area (Å²) in [4.78, 5) is 20.7. The molecule has 2 heterocycles. The Morgan fingerprint density at radius 3 is 3.05 bits per heavy atom. The molecule has 0 radical (unpaired) electrons. The number of carbonyl (C=O) groups is 1. The third kappa shape index (κ3) is 2.85. The van der Waals surface area contributed by atoms with E-state index in [1.807, 2.05) is 12.1 Å². The van der Waals surface area contributed by atoms with Gasteiger partial charge < -0.3 is 10.6 Å². The molecular formula is C15H17BrN4O. The number of rotatable bonds is 3. The fourth-order valence-electron chi connectivity index (χ4n) is 2.95. The fourth-order valence-corrected chi connectivity index (χ4v) is 3.27. The molecule has 3 rings (SSSR count). The molecule has 0 bridgehead atoms. The van der Waals surface area contributed by atoms with Crippen molar-refractivity contribution in [3.05, 3.63) is 29.0 Å². The average Bonchev–Trinajstić information content (AvgIpc) is 2.94. The lowest BCUT2D eigenvalue weighted by Crippen LogP contribution is -2.36. The van der Waals surface area contributed by atoms with Crippen molar-refractivity contribution in [2.45, 2.75) is 25.3 Å². The maximum Gasteiger partial charge on any atom is 0.224 e. The Morgan fingerprint density at radius 1 is 1.38 bits per heavy atom. The van der Waals surface area contributed by atoms with Crippen molar-refractivity contribution < 1.29 is 4.79 Å². The summed E-state index contributed by atoms with van der Waals surface area (Å²) in [5.74, 6) is 0.132. The maximum atomic E-state index is 11.9. The number of nitrogens with one attached hydrogen (secondary N) is 2. The van der Waals surface area contributed by atoms with Crippen LogP contribution in [0.15, 0.2) is 29.0 Å². The van der Waals surface area contributed by atoms with Gasteiger partial charge in [-0.3, -0.25) is 14.8 Å². The van der Waals surface area contributed by atoms with Crippen LogP contribution in [0.25, 0.3) is 11.0 Å². The molecule has 1 fully saturated rings. The fraction of sp³-hybridized carbons (Fsp3) is 0.400. The predicted molar refractivity (Wildman–Crippen MR) is 86.1 cm³/mol. The Balaban J connectivity index is 1.89. The maximum absolute atomic E-state index is 11.9. The lowest BCUT2D eigenvalue weighted by Gasteiger charge is -2.21. The van der Waals surface area contributed by atoms with E-state index >= 15 is 0 Å². The van der Waals surface area contributed by atoms with Crippen LogP contribution >= 0.6 is 15.9 Å². The minimum atomic E-state index is 0.0219. The van der Waals surface area contributed by atoms with Crippen LogP contribution in [0.2, 0.25) is 0 Å². The minimum absolute atomic E-state index is 0.0219. The van der Waals surface area contributed by atoms with E-state index in [-0.39, 0.29) is 17.9 Å². The zero-order valence-corrected chi connectivity index (χ0v) is 13.4. The zero-order valence-electron chi connectivity index (χ0n) is 11.8. The molecule has 1 amide bonds. The summed E-state index contributed by atoms with van der Waals surface area (Å²) in [5.41, 5.74) is 2.61. The molecule has 21 heavy (non-hydrogen) atoms. The number of fused-ring (bicyclic) bond motifs is 1. The van der Waals surface area contributed by atoms with Crippen LogP contribution in [0.4, 0.5) is 5.69 Å². The third-order valence-corrected chi connectivity index (χ3v) is 4.42. The van der Waals surface area contributed by atoms with Gasteiger partial charge in [-0.05, 0) is 40.9 Å². The second kappa shape index (κ2) is 5.97.